The summed E-state index contributed by atoms with van der Waals surface area (Å²) in [4.78, 5) is 29.5. The molecule has 7 heteroatoms. The smallest absolute Gasteiger partial charge is 0.339 e. The number of carbonyl (C=O) groups is 2. The van der Waals surface area contributed by atoms with Crippen molar-refractivity contribution in [3.8, 4) is 0 Å². The standard InChI is InChI=1S/C19H19N3O4/c1-4-16(18(23)21-17-10-12(3)26-22-17)25-19(24)14-9-11(2)20-15-8-6-5-7-13(14)15/h5-10,16H,4H2,1-3H3,(H,21,22,23)/t16-/m0/s1. The summed E-state index contributed by atoms with van der Waals surface area (Å²) in [7, 11) is 0. The Morgan fingerprint density at radius 1 is 1.23 bits per heavy atom. The highest BCUT2D eigenvalue weighted by molar-refractivity contribution is 6.05. The summed E-state index contributed by atoms with van der Waals surface area (Å²) < 4.78 is 10.4. The van der Waals surface area contributed by atoms with E-state index in [2.05, 4.69) is 15.5 Å². The van der Waals surface area contributed by atoms with Crippen molar-refractivity contribution in [2.24, 2.45) is 0 Å². The molecule has 0 saturated heterocycles. The Balaban J connectivity index is 1.80. The van der Waals surface area contributed by atoms with Crippen molar-refractivity contribution >= 4 is 28.6 Å². The van der Waals surface area contributed by atoms with Gasteiger partial charge in [-0.15, -0.1) is 0 Å². The van der Waals surface area contributed by atoms with Crippen molar-refractivity contribution in [1.29, 1.82) is 0 Å². The molecule has 0 spiro atoms. The maximum absolute atomic E-state index is 12.7. The van der Waals surface area contributed by atoms with Crippen LogP contribution >= 0.6 is 0 Å². The Kier molecular flexibility index (Phi) is 4.97. The molecular weight excluding hydrogens is 334 g/mol. The van der Waals surface area contributed by atoms with Gasteiger partial charge in [0.2, 0.25) is 0 Å². The second kappa shape index (κ2) is 7.35. The van der Waals surface area contributed by atoms with Gasteiger partial charge in [0.15, 0.2) is 11.9 Å². The largest absolute Gasteiger partial charge is 0.449 e. The average molecular weight is 353 g/mol. The Bertz CT molecular complexity index is 964. The van der Waals surface area contributed by atoms with Crippen LogP contribution in [0.4, 0.5) is 5.82 Å². The number of aryl methyl sites for hydroxylation is 2. The van der Waals surface area contributed by atoms with Gasteiger partial charge in [-0.2, -0.15) is 0 Å². The first-order valence-corrected chi connectivity index (χ1v) is 8.29. The summed E-state index contributed by atoms with van der Waals surface area (Å²) in [6.07, 6.45) is -0.608. The lowest BCUT2D eigenvalue weighted by Gasteiger charge is -2.16. The molecule has 26 heavy (non-hydrogen) atoms. The number of para-hydroxylation sites is 1. The molecule has 1 N–H and O–H groups in total. The van der Waals surface area contributed by atoms with Crippen molar-refractivity contribution in [2.45, 2.75) is 33.3 Å². The normalized spacial score (nSPS) is 12.0. The minimum Gasteiger partial charge on any atom is -0.449 e. The van der Waals surface area contributed by atoms with Crippen LogP contribution < -0.4 is 5.32 Å². The van der Waals surface area contributed by atoms with Crippen molar-refractivity contribution in [1.82, 2.24) is 10.1 Å². The quantitative estimate of drug-likeness (QED) is 0.706. The number of nitrogens with one attached hydrogen (secondary N) is 1. The molecule has 0 aliphatic heterocycles. The van der Waals surface area contributed by atoms with Gasteiger partial charge in [-0.3, -0.25) is 9.78 Å². The molecule has 3 rings (SSSR count). The van der Waals surface area contributed by atoms with Crippen LogP contribution in [-0.2, 0) is 9.53 Å². The molecule has 2 heterocycles. The summed E-state index contributed by atoms with van der Waals surface area (Å²) in [5.74, 6) is -0.162. The van der Waals surface area contributed by atoms with E-state index in [-0.39, 0.29) is 5.82 Å². The van der Waals surface area contributed by atoms with Crippen LogP contribution in [0.3, 0.4) is 0 Å². The summed E-state index contributed by atoms with van der Waals surface area (Å²) in [5, 5.41) is 6.98. The summed E-state index contributed by atoms with van der Waals surface area (Å²) >= 11 is 0. The lowest BCUT2D eigenvalue weighted by atomic mass is 10.1. The molecule has 134 valence electrons. The van der Waals surface area contributed by atoms with E-state index in [9.17, 15) is 9.59 Å². The second-order valence-electron chi connectivity index (χ2n) is 5.94. The lowest BCUT2D eigenvalue weighted by Crippen LogP contribution is -2.32. The van der Waals surface area contributed by atoms with E-state index >= 15 is 0 Å². The minimum absolute atomic E-state index is 0.284. The van der Waals surface area contributed by atoms with Gasteiger partial charge in [0.1, 0.15) is 5.76 Å². The molecular formula is C19H19N3O4. The minimum atomic E-state index is -0.938. The number of fused-ring (bicyclic) bond motifs is 1. The number of esters is 1. The van der Waals surface area contributed by atoms with Gasteiger partial charge >= 0.3 is 5.97 Å². The topological polar surface area (TPSA) is 94.3 Å². The van der Waals surface area contributed by atoms with Crippen LogP contribution in [0.1, 0.15) is 35.2 Å². The Morgan fingerprint density at radius 3 is 2.69 bits per heavy atom. The zero-order chi connectivity index (χ0) is 18.7. The molecule has 0 saturated carbocycles. The zero-order valence-electron chi connectivity index (χ0n) is 14.8. The van der Waals surface area contributed by atoms with Gasteiger partial charge in [0, 0.05) is 17.1 Å². The number of hydrogen-bond acceptors (Lipinski definition) is 6. The highest BCUT2D eigenvalue weighted by atomic mass is 16.5. The average Bonchev–Trinajstić information content (AvgIpc) is 3.03. The molecule has 3 aromatic rings. The summed E-state index contributed by atoms with van der Waals surface area (Å²) in [5.41, 5.74) is 1.79. The van der Waals surface area contributed by atoms with Crippen LogP contribution in [0.15, 0.2) is 40.9 Å². The van der Waals surface area contributed by atoms with E-state index in [4.69, 9.17) is 9.26 Å². The predicted octanol–water partition coefficient (Wildman–Crippen LogP) is 3.41. The number of rotatable bonds is 5. The number of hydrogen-bond donors (Lipinski definition) is 1. The molecule has 1 aromatic carbocycles. The fourth-order valence-electron chi connectivity index (χ4n) is 2.62. The fourth-order valence-corrected chi connectivity index (χ4v) is 2.62. The number of nitrogens with zero attached hydrogens (tertiary/aromatic N) is 2. The van der Waals surface area contributed by atoms with Crippen LogP contribution in [0.25, 0.3) is 10.9 Å². The van der Waals surface area contributed by atoms with E-state index in [0.717, 1.165) is 0 Å². The Morgan fingerprint density at radius 2 is 2.00 bits per heavy atom. The number of anilines is 1. The zero-order valence-corrected chi connectivity index (χ0v) is 14.8. The molecule has 7 nitrogen and oxygen atoms in total. The van der Waals surface area contributed by atoms with Gasteiger partial charge < -0.3 is 14.6 Å². The number of benzene rings is 1. The second-order valence-corrected chi connectivity index (χ2v) is 5.94. The molecule has 0 bridgehead atoms. The number of carbonyl (C=O) groups excluding carboxylic acids is 2. The monoisotopic (exact) mass is 353 g/mol. The number of amides is 1. The van der Waals surface area contributed by atoms with Crippen LogP contribution in [0.5, 0.6) is 0 Å². The van der Waals surface area contributed by atoms with Gasteiger partial charge in [0.05, 0.1) is 11.1 Å². The summed E-state index contributed by atoms with van der Waals surface area (Å²) in [6, 6.07) is 10.6. The maximum Gasteiger partial charge on any atom is 0.339 e. The molecule has 0 fully saturated rings. The molecule has 1 atom stereocenters. The van der Waals surface area contributed by atoms with Crippen LogP contribution in [0.2, 0.25) is 0 Å². The van der Waals surface area contributed by atoms with E-state index in [1.54, 1.807) is 39.0 Å². The van der Waals surface area contributed by atoms with E-state index in [0.29, 0.717) is 34.3 Å². The maximum atomic E-state index is 12.7. The van der Waals surface area contributed by atoms with Crippen LogP contribution in [-0.4, -0.2) is 28.1 Å². The third kappa shape index (κ3) is 3.72. The third-order valence-corrected chi connectivity index (χ3v) is 3.86. The predicted molar refractivity (Wildman–Crippen MR) is 95.8 cm³/mol. The highest BCUT2D eigenvalue weighted by Gasteiger charge is 2.24. The van der Waals surface area contributed by atoms with E-state index < -0.39 is 18.0 Å². The first-order chi connectivity index (χ1) is 12.5. The molecule has 0 aliphatic carbocycles. The highest BCUT2D eigenvalue weighted by Crippen LogP contribution is 2.20. The van der Waals surface area contributed by atoms with E-state index in [1.165, 1.54) is 0 Å². The number of pyridine rings is 1. The SMILES string of the molecule is CC[C@H](OC(=O)c1cc(C)nc2ccccc12)C(=O)Nc1cc(C)on1. The number of ether oxygens (including phenoxy) is 1. The van der Waals surface area contributed by atoms with Crippen molar-refractivity contribution in [2.75, 3.05) is 5.32 Å². The van der Waals surface area contributed by atoms with Gasteiger partial charge in [-0.25, -0.2) is 4.79 Å². The van der Waals surface area contributed by atoms with Gasteiger partial charge in [0.25, 0.3) is 5.91 Å². The van der Waals surface area contributed by atoms with Crippen LogP contribution in [0, 0.1) is 13.8 Å². The third-order valence-electron chi connectivity index (χ3n) is 3.86. The van der Waals surface area contributed by atoms with Crippen molar-refractivity contribution in [3.05, 3.63) is 53.4 Å². The fraction of sp³-hybridized carbons (Fsp3) is 0.263. The van der Waals surface area contributed by atoms with Gasteiger partial charge in [-0.1, -0.05) is 30.3 Å². The van der Waals surface area contributed by atoms with Crippen molar-refractivity contribution in [3.63, 3.8) is 0 Å². The molecule has 0 aliphatic rings. The number of aromatic nitrogens is 2. The lowest BCUT2D eigenvalue weighted by molar-refractivity contribution is -0.124. The first kappa shape index (κ1) is 17.6. The van der Waals surface area contributed by atoms with Gasteiger partial charge in [-0.05, 0) is 32.4 Å². The first-order valence-electron chi connectivity index (χ1n) is 8.29. The molecule has 1 amide bonds. The Labute approximate surface area is 150 Å². The molecule has 0 unspecified atom stereocenters. The molecule has 0 radical (unpaired) electrons. The van der Waals surface area contributed by atoms with E-state index in [1.807, 2.05) is 18.2 Å². The molecule has 2 aromatic heterocycles. The Hall–Kier alpha value is -3.22. The summed E-state index contributed by atoms with van der Waals surface area (Å²) in [6.45, 7) is 5.29. The van der Waals surface area contributed by atoms with Crippen molar-refractivity contribution < 1.29 is 18.8 Å².